The molecule has 0 N–H and O–H groups in total. The maximum Gasteiger partial charge on any atom is 0.119 e. The van der Waals surface area contributed by atoms with Crippen LogP contribution in [0.5, 0.6) is 0 Å². The Hall–Kier alpha value is -2.48. The monoisotopic (exact) mass is 291 g/mol. The molecule has 0 fully saturated rings. The number of methoxy groups -OCH3 is 1. The van der Waals surface area contributed by atoms with Gasteiger partial charge >= 0.3 is 0 Å². The summed E-state index contributed by atoms with van der Waals surface area (Å²) in [7, 11) is 1.65. The molecule has 0 atom stereocenters. The zero-order valence-corrected chi connectivity index (χ0v) is 13.4. The molecule has 1 aliphatic heterocycles. The third kappa shape index (κ3) is 2.21. The first kappa shape index (κ1) is 14.5. The highest BCUT2D eigenvalue weighted by atomic mass is 16.5. The van der Waals surface area contributed by atoms with Gasteiger partial charge in [-0.05, 0) is 54.8 Å². The number of allylic oxidation sites excluding steroid dienone is 1. The number of hydrogen-bond acceptors (Lipinski definition) is 2. The van der Waals surface area contributed by atoms with Gasteiger partial charge in [-0.3, -0.25) is 0 Å². The van der Waals surface area contributed by atoms with E-state index in [0.717, 1.165) is 28.9 Å². The summed E-state index contributed by atoms with van der Waals surface area (Å²) < 4.78 is 5.25. The van der Waals surface area contributed by atoms with Gasteiger partial charge in [-0.1, -0.05) is 25.3 Å². The summed E-state index contributed by atoms with van der Waals surface area (Å²) in [5.41, 5.74) is 8.38. The zero-order chi connectivity index (χ0) is 15.9. The van der Waals surface area contributed by atoms with Crippen molar-refractivity contribution in [3.8, 4) is 0 Å². The Balaban J connectivity index is 2.06. The van der Waals surface area contributed by atoms with Crippen LogP contribution in [0.1, 0.15) is 22.3 Å². The van der Waals surface area contributed by atoms with Gasteiger partial charge in [0.05, 0.1) is 7.11 Å². The molecule has 3 rings (SSSR count). The van der Waals surface area contributed by atoms with Gasteiger partial charge in [0.1, 0.15) is 5.76 Å². The number of rotatable bonds is 3. The molecule has 0 saturated carbocycles. The smallest absolute Gasteiger partial charge is 0.119 e. The topological polar surface area (TPSA) is 12.5 Å². The number of hydrogen-bond donors (Lipinski definition) is 0. The molecule has 112 valence electrons. The quantitative estimate of drug-likeness (QED) is 0.727. The fourth-order valence-electron chi connectivity index (χ4n) is 3.11. The highest BCUT2D eigenvalue weighted by Crippen LogP contribution is 2.41. The minimum atomic E-state index is 0.695. The van der Waals surface area contributed by atoms with Crippen LogP contribution in [-0.4, -0.2) is 7.11 Å². The molecule has 2 heteroatoms. The minimum Gasteiger partial charge on any atom is -0.497 e. The lowest BCUT2D eigenvalue weighted by atomic mass is 10.1. The van der Waals surface area contributed by atoms with Crippen molar-refractivity contribution in [1.82, 2.24) is 0 Å². The number of nitrogens with zero attached hydrogens (tertiary/aromatic N) is 1. The fraction of sp³-hybridized carbons (Fsp3) is 0.200. The molecular weight excluding hydrogens is 270 g/mol. The Bertz CT molecular complexity index is 773. The molecule has 0 spiro atoms. The average Bonchev–Trinajstić information content (AvgIpc) is 2.84. The Morgan fingerprint density at radius 2 is 1.91 bits per heavy atom. The van der Waals surface area contributed by atoms with E-state index in [0.29, 0.717) is 5.76 Å². The number of benzene rings is 2. The highest BCUT2D eigenvalue weighted by Gasteiger charge is 2.25. The van der Waals surface area contributed by atoms with Crippen molar-refractivity contribution in [2.24, 2.45) is 0 Å². The van der Waals surface area contributed by atoms with Crippen LogP contribution in [0.4, 0.5) is 11.4 Å². The Morgan fingerprint density at radius 1 is 1.14 bits per heavy atom. The molecule has 1 heterocycles. The Morgan fingerprint density at radius 3 is 2.59 bits per heavy atom. The molecule has 0 unspecified atom stereocenters. The first-order valence-electron chi connectivity index (χ1n) is 7.43. The van der Waals surface area contributed by atoms with Crippen LogP contribution in [0.3, 0.4) is 0 Å². The van der Waals surface area contributed by atoms with Gasteiger partial charge in [-0.15, -0.1) is 0 Å². The van der Waals surface area contributed by atoms with Gasteiger partial charge in [0, 0.05) is 29.1 Å². The molecular formula is C20H21NO. The number of fused-ring (bicyclic) bond motifs is 1. The molecule has 0 aromatic heterocycles. The Labute approximate surface area is 132 Å². The van der Waals surface area contributed by atoms with Crippen molar-refractivity contribution in [2.45, 2.75) is 20.3 Å². The van der Waals surface area contributed by atoms with Crippen molar-refractivity contribution >= 4 is 17.1 Å². The van der Waals surface area contributed by atoms with E-state index in [1.165, 1.54) is 16.8 Å². The van der Waals surface area contributed by atoms with E-state index >= 15 is 0 Å². The number of ether oxygens (including phenoxy) is 1. The molecule has 0 aliphatic carbocycles. The lowest BCUT2D eigenvalue weighted by Crippen LogP contribution is -2.11. The van der Waals surface area contributed by atoms with Gasteiger partial charge in [0.15, 0.2) is 0 Å². The third-order valence-corrected chi connectivity index (χ3v) is 4.34. The van der Waals surface area contributed by atoms with Crippen molar-refractivity contribution < 1.29 is 4.74 Å². The fourth-order valence-corrected chi connectivity index (χ4v) is 3.11. The normalized spacial score (nSPS) is 13.2. The van der Waals surface area contributed by atoms with Crippen LogP contribution in [0, 0.1) is 13.8 Å². The van der Waals surface area contributed by atoms with Gasteiger partial charge < -0.3 is 9.64 Å². The van der Waals surface area contributed by atoms with E-state index in [4.69, 9.17) is 4.74 Å². The van der Waals surface area contributed by atoms with Gasteiger partial charge in [0.25, 0.3) is 0 Å². The summed E-state index contributed by atoms with van der Waals surface area (Å²) in [4.78, 5) is 2.24. The maximum atomic E-state index is 5.25. The second-order valence-corrected chi connectivity index (χ2v) is 5.78. The van der Waals surface area contributed by atoms with Crippen LogP contribution in [0.25, 0.3) is 5.76 Å². The van der Waals surface area contributed by atoms with Gasteiger partial charge in [-0.2, -0.15) is 0 Å². The lowest BCUT2D eigenvalue weighted by molar-refractivity contribution is 0.371. The van der Waals surface area contributed by atoms with Gasteiger partial charge in [0.2, 0.25) is 0 Å². The van der Waals surface area contributed by atoms with Crippen LogP contribution in [-0.2, 0) is 11.2 Å². The molecule has 0 radical (unpaired) electrons. The third-order valence-electron chi connectivity index (χ3n) is 4.34. The van der Waals surface area contributed by atoms with Crippen LogP contribution in [0.2, 0.25) is 0 Å². The molecule has 2 aromatic rings. The van der Waals surface area contributed by atoms with E-state index in [9.17, 15) is 0 Å². The Kier molecular flexibility index (Phi) is 3.53. The van der Waals surface area contributed by atoms with E-state index < -0.39 is 0 Å². The summed E-state index contributed by atoms with van der Waals surface area (Å²) in [6, 6.07) is 12.8. The van der Waals surface area contributed by atoms with E-state index in [2.05, 4.69) is 68.3 Å². The van der Waals surface area contributed by atoms with E-state index in [-0.39, 0.29) is 0 Å². The zero-order valence-electron chi connectivity index (χ0n) is 13.4. The standard InChI is InChI=1S/C20H21NO/c1-13-7-6-8-20-19(13)12-15(3)21(20)17-9-10-18(14(2)11-17)16(4)22-5/h6-11H,3-4,12H2,1-2,5H3. The van der Waals surface area contributed by atoms with Crippen molar-refractivity contribution in [3.05, 3.63) is 77.5 Å². The summed E-state index contributed by atoms with van der Waals surface area (Å²) in [6.07, 6.45) is 0.910. The minimum absolute atomic E-state index is 0.695. The van der Waals surface area contributed by atoms with E-state index in [1.807, 2.05) is 0 Å². The predicted octanol–water partition coefficient (Wildman–Crippen LogP) is 5.13. The van der Waals surface area contributed by atoms with Crippen molar-refractivity contribution in [2.75, 3.05) is 12.0 Å². The molecule has 2 nitrogen and oxygen atoms in total. The average molecular weight is 291 g/mol. The first-order valence-corrected chi connectivity index (χ1v) is 7.43. The predicted molar refractivity (Wildman–Crippen MR) is 93.4 cm³/mol. The maximum absolute atomic E-state index is 5.25. The molecule has 0 bridgehead atoms. The first-order chi connectivity index (χ1) is 10.5. The molecule has 1 aliphatic rings. The lowest BCUT2D eigenvalue weighted by Gasteiger charge is -2.22. The number of anilines is 2. The van der Waals surface area contributed by atoms with Crippen molar-refractivity contribution in [1.29, 1.82) is 0 Å². The second kappa shape index (κ2) is 5.38. The summed E-state index contributed by atoms with van der Waals surface area (Å²) in [6.45, 7) is 12.4. The largest absolute Gasteiger partial charge is 0.497 e. The van der Waals surface area contributed by atoms with E-state index in [1.54, 1.807) is 7.11 Å². The summed E-state index contributed by atoms with van der Waals surface area (Å²) >= 11 is 0. The van der Waals surface area contributed by atoms with Crippen LogP contribution >= 0.6 is 0 Å². The van der Waals surface area contributed by atoms with Crippen molar-refractivity contribution in [3.63, 3.8) is 0 Å². The molecule has 2 aromatic carbocycles. The van der Waals surface area contributed by atoms with Crippen LogP contribution < -0.4 is 4.90 Å². The summed E-state index contributed by atoms with van der Waals surface area (Å²) in [5.74, 6) is 0.695. The molecule has 0 saturated heterocycles. The second-order valence-electron chi connectivity index (χ2n) is 5.78. The summed E-state index contributed by atoms with van der Waals surface area (Å²) in [5, 5.41) is 0. The molecule has 22 heavy (non-hydrogen) atoms. The highest BCUT2D eigenvalue weighted by molar-refractivity contribution is 5.78. The van der Waals surface area contributed by atoms with Crippen LogP contribution in [0.15, 0.2) is 55.3 Å². The SMILES string of the molecule is C=C(OC)c1ccc(N2C(=C)Cc3c(C)cccc32)cc1C. The number of aryl methyl sites for hydroxylation is 2. The van der Waals surface area contributed by atoms with Gasteiger partial charge in [-0.25, -0.2) is 0 Å². The molecule has 0 amide bonds.